The second-order valence-corrected chi connectivity index (χ2v) is 6.41. The zero-order chi connectivity index (χ0) is 17.9. The molecule has 0 unspecified atom stereocenters. The first kappa shape index (κ1) is 16.3. The first-order valence-electron chi connectivity index (χ1n) is 8.72. The zero-order valence-electron chi connectivity index (χ0n) is 14.7. The topological polar surface area (TPSA) is 84.7 Å². The summed E-state index contributed by atoms with van der Waals surface area (Å²) in [7, 11) is 0. The molecular weight excluding hydrogens is 328 g/mol. The summed E-state index contributed by atoms with van der Waals surface area (Å²) in [6, 6.07) is 14.1. The van der Waals surface area contributed by atoms with E-state index in [2.05, 4.69) is 46.5 Å². The second-order valence-electron chi connectivity index (χ2n) is 6.41. The molecule has 0 saturated heterocycles. The number of fused-ring (bicyclic) bond motifs is 2. The van der Waals surface area contributed by atoms with E-state index in [1.54, 1.807) is 0 Å². The number of H-pyrrole nitrogens is 1. The van der Waals surface area contributed by atoms with Crippen molar-refractivity contribution in [3.05, 3.63) is 53.7 Å². The normalized spacial score (nSPS) is 14.3. The molecule has 0 atom stereocenters. The van der Waals surface area contributed by atoms with Gasteiger partial charge in [0.25, 0.3) is 0 Å². The molecule has 1 aliphatic heterocycles. The fraction of sp³-hybridized carbons (Fsp3) is 0.250. The third-order valence-corrected chi connectivity index (χ3v) is 4.27. The SMILES string of the molecule is Cc1cc2cc(CN=C(N)Nc3ccc4c(c3)OCCCO4)ccc2[nH]1. The third kappa shape index (κ3) is 3.59. The van der Waals surface area contributed by atoms with E-state index in [0.29, 0.717) is 25.7 Å². The van der Waals surface area contributed by atoms with Gasteiger partial charge in [-0.25, -0.2) is 4.99 Å². The molecule has 3 aromatic rings. The summed E-state index contributed by atoms with van der Waals surface area (Å²) in [5.74, 6) is 1.86. The van der Waals surface area contributed by atoms with Gasteiger partial charge in [0.2, 0.25) is 0 Å². The van der Waals surface area contributed by atoms with Crippen molar-refractivity contribution in [1.82, 2.24) is 4.98 Å². The largest absolute Gasteiger partial charge is 0.490 e. The molecule has 26 heavy (non-hydrogen) atoms. The lowest BCUT2D eigenvalue weighted by atomic mass is 10.1. The van der Waals surface area contributed by atoms with E-state index < -0.39 is 0 Å². The summed E-state index contributed by atoms with van der Waals surface area (Å²) in [5.41, 5.74) is 10.3. The second kappa shape index (κ2) is 7.00. The van der Waals surface area contributed by atoms with Crippen molar-refractivity contribution in [3.8, 4) is 11.5 Å². The van der Waals surface area contributed by atoms with Gasteiger partial charge in [-0.2, -0.15) is 0 Å². The molecule has 2 aromatic carbocycles. The highest BCUT2D eigenvalue weighted by molar-refractivity contribution is 5.92. The van der Waals surface area contributed by atoms with E-state index in [1.807, 2.05) is 18.2 Å². The number of aryl methyl sites for hydroxylation is 1. The van der Waals surface area contributed by atoms with Crippen molar-refractivity contribution in [3.63, 3.8) is 0 Å². The molecule has 0 fully saturated rings. The minimum absolute atomic E-state index is 0.366. The molecule has 0 radical (unpaired) electrons. The summed E-state index contributed by atoms with van der Waals surface area (Å²) < 4.78 is 11.3. The van der Waals surface area contributed by atoms with Crippen LogP contribution in [0.1, 0.15) is 17.7 Å². The van der Waals surface area contributed by atoms with Crippen molar-refractivity contribution in [2.75, 3.05) is 18.5 Å². The average molecular weight is 350 g/mol. The van der Waals surface area contributed by atoms with Crippen molar-refractivity contribution in [1.29, 1.82) is 0 Å². The van der Waals surface area contributed by atoms with Crippen molar-refractivity contribution < 1.29 is 9.47 Å². The van der Waals surface area contributed by atoms with Crippen molar-refractivity contribution >= 4 is 22.5 Å². The van der Waals surface area contributed by atoms with Crippen LogP contribution in [-0.2, 0) is 6.54 Å². The van der Waals surface area contributed by atoms with E-state index in [0.717, 1.165) is 40.4 Å². The number of guanidine groups is 1. The van der Waals surface area contributed by atoms with Gasteiger partial charge >= 0.3 is 0 Å². The number of anilines is 1. The third-order valence-electron chi connectivity index (χ3n) is 4.27. The Morgan fingerprint density at radius 1 is 1.12 bits per heavy atom. The minimum Gasteiger partial charge on any atom is -0.490 e. The molecule has 4 rings (SSSR count). The molecule has 1 aromatic heterocycles. The maximum absolute atomic E-state index is 6.04. The number of nitrogens with one attached hydrogen (secondary N) is 2. The number of nitrogens with zero attached hydrogens (tertiary/aromatic N) is 1. The van der Waals surface area contributed by atoms with Crippen molar-refractivity contribution in [2.45, 2.75) is 19.9 Å². The van der Waals surface area contributed by atoms with Gasteiger partial charge in [-0.15, -0.1) is 0 Å². The molecule has 0 amide bonds. The highest BCUT2D eigenvalue weighted by Crippen LogP contribution is 2.32. The number of aromatic nitrogens is 1. The maximum atomic E-state index is 6.04. The number of hydrogen-bond acceptors (Lipinski definition) is 3. The molecule has 2 heterocycles. The van der Waals surface area contributed by atoms with E-state index in [1.165, 1.54) is 5.39 Å². The molecule has 0 aliphatic carbocycles. The van der Waals surface area contributed by atoms with Crippen LogP contribution in [0.5, 0.6) is 11.5 Å². The van der Waals surface area contributed by atoms with Gasteiger partial charge in [0.05, 0.1) is 19.8 Å². The van der Waals surface area contributed by atoms with Crippen LogP contribution in [0.25, 0.3) is 10.9 Å². The Balaban J connectivity index is 1.45. The number of hydrogen-bond donors (Lipinski definition) is 3. The molecule has 1 aliphatic rings. The van der Waals surface area contributed by atoms with Crippen LogP contribution in [0.3, 0.4) is 0 Å². The molecule has 6 heteroatoms. The molecule has 4 N–H and O–H groups in total. The Kier molecular flexibility index (Phi) is 4.39. The molecule has 0 bridgehead atoms. The lowest BCUT2D eigenvalue weighted by Crippen LogP contribution is -2.22. The highest BCUT2D eigenvalue weighted by atomic mass is 16.5. The summed E-state index contributed by atoms with van der Waals surface area (Å²) in [4.78, 5) is 7.75. The van der Waals surface area contributed by atoms with Gasteiger partial charge in [0.1, 0.15) is 0 Å². The quantitative estimate of drug-likeness (QED) is 0.498. The van der Waals surface area contributed by atoms with Gasteiger partial charge in [-0.05, 0) is 48.2 Å². The first-order valence-corrected chi connectivity index (χ1v) is 8.72. The monoisotopic (exact) mass is 350 g/mol. The average Bonchev–Trinajstić information content (AvgIpc) is 2.84. The van der Waals surface area contributed by atoms with Crippen LogP contribution in [0.2, 0.25) is 0 Å². The van der Waals surface area contributed by atoms with Crippen LogP contribution < -0.4 is 20.5 Å². The smallest absolute Gasteiger partial charge is 0.193 e. The number of aromatic amines is 1. The van der Waals surface area contributed by atoms with Gasteiger partial charge < -0.3 is 25.5 Å². The Morgan fingerprint density at radius 3 is 2.85 bits per heavy atom. The Morgan fingerprint density at radius 2 is 1.96 bits per heavy atom. The predicted molar refractivity (Wildman–Crippen MR) is 104 cm³/mol. The fourth-order valence-electron chi connectivity index (χ4n) is 3.03. The Hall–Kier alpha value is -3.15. The van der Waals surface area contributed by atoms with E-state index in [4.69, 9.17) is 15.2 Å². The highest BCUT2D eigenvalue weighted by Gasteiger charge is 2.10. The number of rotatable bonds is 3. The maximum Gasteiger partial charge on any atom is 0.193 e. The number of ether oxygens (including phenoxy) is 2. The number of aliphatic imine (C=N–C) groups is 1. The van der Waals surface area contributed by atoms with Crippen LogP contribution in [-0.4, -0.2) is 24.2 Å². The van der Waals surface area contributed by atoms with Gasteiger partial charge in [-0.1, -0.05) is 6.07 Å². The molecule has 6 nitrogen and oxygen atoms in total. The van der Waals surface area contributed by atoms with E-state index >= 15 is 0 Å². The van der Waals surface area contributed by atoms with E-state index in [-0.39, 0.29) is 0 Å². The minimum atomic E-state index is 0.366. The molecular formula is C20H22N4O2. The van der Waals surface area contributed by atoms with Crippen LogP contribution >= 0.6 is 0 Å². The Labute approximate surface area is 152 Å². The molecule has 134 valence electrons. The number of benzene rings is 2. The Bertz CT molecular complexity index is 962. The van der Waals surface area contributed by atoms with Crippen LogP contribution in [0.15, 0.2) is 47.5 Å². The fourth-order valence-corrected chi connectivity index (χ4v) is 3.03. The lowest BCUT2D eigenvalue weighted by molar-refractivity contribution is 0.297. The van der Waals surface area contributed by atoms with Gasteiger partial charge in [0, 0.05) is 29.4 Å². The van der Waals surface area contributed by atoms with E-state index in [9.17, 15) is 0 Å². The van der Waals surface area contributed by atoms with Gasteiger partial charge in [-0.3, -0.25) is 0 Å². The van der Waals surface area contributed by atoms with Gasteiger partial charge in [0.15, 0.2) is 17.5 Å². The predicted octanol–water partition coefficient (Wildman–Crippen LogP) is 3.56. The zero-order valence-corrected chi connectivity index (χ0v) is 14.7. The van der Waals surface area contributed by atoms with Crippen molar-refractivity contribution in [2.24, 2.45) is 10.7 Å². The summed E-state index contributed by atoms with van der Waals surface area (Å²) in [5, 5.41) is 4.29. The molecule has 0 spiro atoms. The lowest BCUT2D eigenvalue weighted by Gasteiger charge is -2.10. The standard InChI is InChI=1S/C20H22N4O2/c1-13-9-15-10-14(3-5-17(15)23-13)12-22-20(21)24-16-4-6-18-19(11-16)26-8-2-7-25-18/h3-6,9-11,23H,2,7-8,12H2,1H3,(H3,21,22,24). The molecule has 0 saturated carbocycles. The summed E-state index contributed by atoms with van der Waals surface area (Å²) in [6.45, 7) is 3.90. The number of nitrogens with two attached hydrogens (primary N) is 1. The van der Waals surface area contributed by atoms with Crippen LogP contribution in [0.4, 0.5) is 5.69 Å². The first-order chi connectivity index (χ1) is 12.7. The summed E-state index contributed by atoms with van der Waals surface area (Å²) in [6.07, 6.45) is 0.881. The summed E-state index contributed by atoms with van der Waals surface area (Å²) >= 11 is 0. The van der Waals surface area contributed by atoms with Crippen LogP contribution in [0, 0.1) is 6.92 Å².